The van der Waals surface area contributed by atoms with E-state index in [0.717, 1.165) is 24.8 Å². The van der Waals surface area contributed by atoms with Crippen molar-refractivity contribution >= 4 is 0 Å². The Kier molecular flexibility index (Phi) is 5.46. The fourth-order valence-electron chi connectivity index (χ4n) is 4.11. The molecule has 20 heavy (non-hydrogen) atoms. The molecule has 1 unspecified atom stereocenters. The Hall–Kier alpha value is -0.590. The average Bonchev–Trinajstić information content (AvgIpc) is 2.90. The molecule has 1 heterocycles. The van der Waals surface area contributed by atoms with Crippen LogP contribution in [0.15, 0.2) is 0 Å². The first-order valence-electron chi connectivity index (χ1n) is 8.50. The molecule has 1 atom stereocenters. The monoisotopic (exact) mass is 277 g/mol. The van der Waals surface area contributed by atoms with Crippen molar-refractivity contribution < 1.29 is 0 Å². The molecule has 2 fully saturated rings. The molecule has 1 saturated heterocycles. The molecule has 1 aliphatic carbocycles. The van der Waals surface area contributed by atoms with Crippen LogP contribution in [0.4, 0.5) is 0 Å². The highest BCUT2D eigenvalue weighted by atomic mass is 15.1. The number of piperidine rings is 1. The summed E-state index contributed by atoms with van der Waals surface area (Å²) in [5.41, 5.74) is 0.388. The summed E-state index contributed by atoms with van der Waals surface area (Å²) in [5.74, 6) is 0. The highest BCUT2D eigenvalue weighted by Crippen LogP contribution is 2.46. The maximum absolute atomic E-state index is 9.27. The van der Waals surface area contributed by atoms with E-state index in [1.54, 1.807) is 0 Å². The van der Waals surface area contributed by atoms with E-state index < -0.39 is 0 Å². The van der Waals surface area contributed by atoms with E-state index in [4.69, 9.17) is 0 Å². The molecule has 3 heteroatoms. The summed E-state index contributed by atoms with van der Waals surface area (Å²) in [5, 5.41) is 12.6. The summed E-state index contributed by atoms with van der Waals surface area (Å²) in [4.78, 5) is 2.62. The van der Waals surface area contributed by atoms with Crippen LogP contribution in [0, 0.1) is 16.7 Å². The summed E-state index contributed by atoms with van der Waals surface area (Å²) in [6.07, 6.45) is 10.8. The third kappa shape index (κ3) is 3.96. The molecule has 1 saturated carbocycles. The third-order valence-electron chi connectivity index (χ3n) is 5.55. The molecule has 1 N–H and O–H groups in total. The van der Waals surface area contributed by atoms with E-state index in [2.05, 4.69) is 23.2 Å². The maximum atomic E-state index is 9.27. The second kappa shape index (κ2) is 6.91. The van der Waals surface area contributed by atoms with Crippen LogP contribution in [0.5, 0.6) is 0 Å². The van der Waals surface area contributed by atoms with Gasteiger partial charge in [0, 0.05) is 0 Å². The van der Waals surface area contributed by atoms with Crippen LogP contribution in [0.1, 0.15) is 65.2 Å². The minimum atomic E-state index is -0.336. The van der Waals surface area contributed by atoms with Crippen molar-refractivity contribution in [2.75, 3.05) is 26.2 Å². The average molecular weight is 277 g/mol. The molecule has 2 aliphatic rings. The first-order chi connectivity index (χ1) is 9.61. The number of hydrogen-bond acceptors (Lipinski definition) is 3. The Morgan fingerprint density at radius 1 is 1.20 bits per heavy atom. The minimum Gasteiger partial charge on any atom is -0.303 e. The molecule has 0 bridgehead atoms. The van der Waals surface area contributed by atoms with E-state index in [9.17, 15) is 5.26 Å². The predicted octanol–water partition coefficient (Wildman–Crippen LogP) is 3.31. The van der Waals surface area contributed by atoms with E-state index in [0.29, 0.717) is 0 Å². The number of likely N-dealkylation sites (tertiary alicyclic amines) is 1. The summed E-state index contributed by atoms with van der Waals surface area (Å²) in [6.45, 7) is 8.70. The fourth-order valence-corrected chi connectivity index (χ4v) is 4.11. The molecule has 1 aliphatic heterocycles. The second-order valence-electron chi connectivity index (χ2n) is 7.13. The summed E-state index contributed by atoms with van der Waals surface area (Å²) >= 11 is 0. The van der Waals surface area contributed by atoms with Crippen LogP contribution in [0.25, 0.3) is 0 Å². The Morgan fingerprint density at radius 2 is 1.85 bits per heavy atom. The summed E-state index contributed by atoms with van der Waals surface area (Å²) in [7, 11) is 0. The lowest BCUT2D eigenvalue weighted by Gasteiger charge is -2.39. The molecule has 1 spiro atoms. The van der Waals surface area contributed by atoms with Gasteiger partial charge in [-0.2, -0.15) is 5.26 Å². The summed E-state index contributed by atoms with van der Waals surface area (Å²) < 4.78 is 0. The molecule has 114 valence electrons. The van der Waals surface area contributed by atoms with Crippen LogP contribution < -0.4 is 5.32 Å². The van der Waals surface area contributed by atoms with Gasteiger partial charge < -0.3 is 4.90 Å². The highest BCUT2D eigenvalue weighted by molar-refractivity contribution is 5.03. The SMILES string of the molecule is CCNC(C)(C#N)CCCN1CCC2(CCCC2)CC1. The quantitative estimate of drug-likeness (QED) is 0.809. The number of rotatable bonds is 6. The first kappa shape index (κ1) is 15.8. The van der Waals surface area contributed by atoms with Gasteiger partial charge in [0.15, 0.2) is 0 Å². The molecule has 0 aromatic carbocycles. The van der Waals surface area contributed by atoms with Crippen molar-refractivity contribution in [3.05, 3.63) is 0 Å². The number of hydrogen-bond donors (Lipinski definition) is 1. The van der Waals surface area contributed by atoms with Crippen LogP contribution in [-0.4, -0.2) is 36.6 Å². The lowest BCUT2D eigenvalue weighted by Crippen LogP contribution is -2.43. The van der Waals surface area contributed by atoms with Gasteiger partial charge in [-0.15, -0.1) is 0 Å². The molecule has 0 radical (unpaired) electrons. The zero-order valence-electron chi connectivity index (χ0n) is 13.4. The first-order valence-corrected chi connectivity index (χ1v) is 8.50. The molecule has 3 nitrogen and oxygen atoms in total. The fraction of sp³-hybridized carbons (Fsp3) is 0.941. The Bertz CT molecular complexity index is 331. The van der Waals surface area contributed by atoms with Gasteiger partial charge in [-0.1, -0.05) is 19.8 Å². The largest absolute Gasteiger partial charge is 0.303 e. The third-order valence-corrected chi connectivity index (χ3v) is 5.55. The van der Waals surface area contributed by atoms with Gasteiger partial charge in [0.05, 0.1) is 6.07 Å². The van der Waals surface area contributed by atoms with Gasteiger partial charge in [-0.25, -0.2) is 0 Å². The van der Waals surface area contributed by atoms with Crippen molar-refractivity contribution in [2.45, 2.75) is 70.8 Å². The van der Waals surface area contributed by atoms with Crippen molar-refractivity contribution in [1.82, 2.24) is 10.2 Å². The van der Waals surface area contributed by atoms with Crippen molar-refractivity contribution in [3.8, 4) is 6.07 Å². The molecular weight excluding hydrogens is 246 g/mol. The predicted molar refractivity (Wildman–Crippen MR) is 83.5 cm³/mol. The van der Waals surface area contributed by atoms with Gasteiger partial charge in [-0.3, -0.25) is 5.32 Å². The number of nitrogens with one attached hydrogen (secondary N) is 1. The van der Waals surface area contributed by atoms with E-state index in [-0.39, 0.29) is 5.54 Å². The molecule has 0 amide bonds. The van der Waals surface area contributed by atoms with Crippen LogP contribution in [0.3, 0.4) is 0 Å². The van der Waals surface area contributed by atoms with E-state index in [1.807, 2.05) is 6.92 Å². The zero-order chi connectivity index (χ0) is 14.5. The van der Waals surface area contributed by atoms with Crippen LogP contribution in [-0.2, 0) is 0 Å². The molecule has 2 rings (SSSR count). The van der Waals surface area contributed by atoms with Crippen LogP contribution in [0.2, 0.25) is 0 Å². The highest BCUT2D eigenvalue weighted by Gasteiger charge is 2.36. The van der Waals surface area contributed by atoms with Crippen molar-refractivity contribution in [2.24, 2.45) is 5.41 Å². The maximum Gasteiger partial charge on any atom is 0.103 e. The Labute approximate surface area is 124 Å². The van der Waals surface area contributed by atoms with Crippen LogP contribution >= 0.6 is 0 Å². The molecular formula is C17H31N3. The van der Waals surface area contributed by atoms with Crippen molar-refractivity contribution in [3.63, 3.8) is 0 Å². The number of nitrogens with zero attached hydrogens (tertiary/aromatic N) is 2. The Balaban J connectivity index is 1.67. The van der Waals surface area contributed by atoms with Gasteiger partial charge in [0.1, 0.15) is 5.54 Å². The van der Waals surface area contributed by atoms with E-state index >= 15 is 0 Å². The lowest BCUT2D eigenvalue weighted by atomic mass is 9.77. The lowest BCUT2D eigenvalue weighted by molar-refractivity contribution is 0.106. The topological polar surface area (TPSA) is 39.1 Å². The second-order valence-corrected chi connectivity index (χ2v) is 7.13. The Morgan fingerprint density at radius 3 is 2.40 bits per heavy atom. The van der Waals surface area contributed by atoms with Gasteiger partial charge in [-0.05, 0) is 77.0 Å². The standard InChI is InChI=1S/C17H31N3/c1-3-19-16(2,15-18)7-6-12-20-13-10-17(11-14-20)8-4-5-9-17/h19H,3-14H2,1-2H3. The normalized spacial score (nSPS) is 25.4. The van der Waals surface area contributed by atoms with Gasteiger partial charge in [0.25, 0.3) is 0 Å². The van der Waals surface area contributed by atoms with Crippen molar-refractivity contribution in [1.29, 1.82) is 5.26 Å². The minimum absolute atomic E-state index is 0.336. The summed E-state index contributed by atoms with van der Waals surface area (Å²) in [6, 6.07) is 2.43. The van der Waals surface area contributed by atoms with E-state index in [1.165, 1.54) is 58.2 Å². The molecule has 0 aromatic rings. The smallest absolute Gasteiger partial charge is 0.103 e. The number of nitriles is 1. The zero-order valence-corrected chi connectivity index (χ0v) is 13.4. The van der Waals surface area contributed by atoms with Gasteiger partial charge >= 0.3 is 0 Å². The molecule has 0 aromatic heterocycles. The van der Waals surface area contributed by atoms with Gasteiger partial charge in [0.2, 0.25) is 0 Å².